The summed E-state index contributed by atoms with van der Waals surface area (Å²) in [6.07, 6.45) is 12.1. The van der Waals surface area contributed by atoms with Gasteiger partial charge >= 0.3 is 37.9 Å². The Labute approximate surface area is 234 Å². The maximum absolute atomic E-state index is 4.93. The SMILES string of the molecule is CCC[CH-]CCC1C=Cc2ccccc21.[Cl][Zr+2][Cl].[Si]Cc1ccccc1.c1ccc2[cH-]ccc2c1. The van der Waals surface area contributed by atoms with Crippen LogP contribution in [0.25, 0.3) is 16.8 Å². The maximum atomic E-state index is 4.93. The molecule has 35 heavy (non-hydrogen) atoms. The number of rotatable bonds is 6. The van der Waals surface area contributed by atoms with Crippen LogP contribution in [0, 0.1) is 6.42 Å². The molecule has 0 amide bonds. The van der Waals surface area contributed by atoms with Gasteiger partial charge in [-0.15, -0.1) is 29.7 Å². The topological polar surface area (TPSA) is 0 Å². The molecule has 0 N–H and O–H groups in total. The first-order chi connectivity index (χ1) is 17.2. The van der Waals surface area contributed by atoms with Gasteiger partial charge in [-0.2, -0.15) is 30.4 Å². The van der Waals surface area contributed by atoms with E-state index in [0.29, 0.717) is 5.92 Å². The second-order valence-corrected chi connectivity index (χ2v) is 12.2. The summed E-state index contributed by atoms with van der Waals surface area (Å²) in [4.78, 5) is 0. The molecule has 179 valence electrons. The van der Waals surface area contributed by atoms with Gasteiger partial charge in [-0.1, -0.05) is 98.1 Å². The number of benzene rings is 3. The minimum absolute atomic E-state index is 0.661. The number of fused-ring (bicyclic) bond motifs is 2. The van der Waals surface area contributed by atoms with E-state index in [4.69, 9.17) is 17.0 Å². The molecule has 0 spiro atoms. The number of halogens is 2. The van der Waals surface area contributed by atoms with Crippen LogP contribution in [0.2, 0.25) is 0 Å². The van der Waals surface area contributed by atoms with Crippen molar-refractivity contribution in [3.05, 3.63) is 126 Å². The van der Waals surface area contributed by atoms with Crippen LogP contribution >= 0.6 is 17.0 Å². The Morgan fingerprint density at radius 1 is 0.886 bits per heavy atom. The quantitative estimate of drug-likeness (QED) is 0.118. The molecule has 0 saturated heterocycles. The van der Waals surface area contributed by atoms with Gasteiger partial charge in [0.1, 0.15) is 0 Å². The van der Waals surface area contributed by atoms with Crippen molar-refractivity contribution < 1.29 is 20.8 Å². The molecule has 4 heteroatoms. The molecule has 0 aromatic heterocycles. The minimum atomic E-state index is -0.826. The van der Waals surface area contributed by atoms with E-state index in [9.17, 15) is 0 Å². The van der Waals surface area contributed by atoms with E-state index in [1.165, 1.54) is 53.1 Å². The van der Waals surface area contributed by atoms with Gasteiger partial charge < -0.3 is 6.42 Å². The maximum Gasteiger partial charge on any atom is 0.0283 e. The zero-order chi connectivity index (χ0) is 25.1. The molecule has 0 heterocycles. The van der Waals surface area contributed by atoms with Gasteiger partial charge in [0.15, 0.2) is 0 Å². The van der Waals surface area contributed by atoms with E-state index in [2.05, 4.69) is 115 Å². The molecular weight excluding hydrogens is 563 g/mol. The molecule has 1 aliphatic carbocycles. The third-order valence-corrected chi connectivity index (χ3v) is 6.08. The molecular formula is C31H33Cl2SiZr. The van der Waals surface area contributed by atoms with E-state index < -0.39 is 20.8 Å². The number of unbranched alkanes of at least 4 members (excludes halogenated alkanes) is 3. The Hall–Kier alpha value is -1.31. The zero-order valence-electron chi connectivity index (χ0n) is 20.3. The Morgan fingerprint density at radius 2 is 1.57 bits per heavy atom. The van der Waals surface area contributed by atoms with Crippen molar-refractivity contribution >= 4 is 44.1 Å². The summed E-state index contributed by atoms with van der Waals surface area (Å²) in [5.41, 5.74) is 4.25. The predicted molar refractivity (Wildman–Crippen MR) is 154 cm³/mol. The van der Waals surface area contributed by atoms with Gasteiger partial charge in [0.05, 0.1) is 0 Å². The molecule has 4 aromatic carbocycles. The van der Waals surface area contributed by atoms with Crippen molar-refractivity contribution in [2.24, 2.45) is 0 Å². The molecule has 0 fully saturated rings. The fourth-order valence-electron chi connectivity index (χ4n) is 3.89. The van der Waals surface area contributed by atoms with Crippen molar-refractivity contribution in [3.8, 4) is 0 Å². The number of allylic oxidation sites excluding steroid dienone is 1. The first-order valence-corrected chi connectivity index (χ1v) is 19.1. The van der Waals surface area contributed by atoms with Crippen LogP contribution in [0.5, 0.6) is 0 Å². The Bertz CT molecular complexity index is 1060. The summed E-state index contributed by atoms with van der Waals surface area (Å²) in [7, 11) is 13.3. The van der Waals surface area contributed by atoms with Crippen molar-refractivity contribution in [1.29, 1.82) is 0 Å². The number of hydrogen-bond donors (Lipinski definition) is 0. The van der Waals surface area contributed by atoms with Gasteiger partial charge in [-0.3, -0.25) is 0 Å². The molecule has 3 radical (unpaired) electrons. The average molecular weight is 596 g/mol. The fourth-order valence-corrected chi connectivity index (χ4v) is 4.12. The van der Waals surface area contributed by atoms with E-state index in [0.717, 1.165) is 6.04 Å². The first kappa shape index (κ1) is 29.9. The van der Waals surface area contributed by atoms with Crippen molar-refractivity contribution in [3.63, 3.8) is 0 Å². The summed E-state index contributed by atoms with van der Waals surface area (Å²) in [5, 5.41) is 2.66. The predicted octanol–water partition coefficient (Wildman–Crippen LogP) is 9.87. The van der Waals surface area contributed by atoms with Gasteiger partial charge in [0.2, 0.25) is 0 Å². The minimum Gasteiger partial charge on any atom is -0.168 e. The van der Waals surface area contributed by atoms with Crippen LogP contribution in [0.15, 0.2) is 103 Å². The summed E-state index contributed by atoms with van der Waals surface area (Å²) in [5.74, 6) is 0.661. The van der Waals surface area contributed by atoms with Gasteiger partial charge in [-0.25, -0.2) is 0 Å². The summed E-state index contributed by atoms with van der Waals surface area (Å²) < 4.78 is 0. The van der Waals surface area contributed by atoms with E-state index in [-0.39, 0.29) is 0 Å². The molecule has 5 rings (SSSR count). The first-order valence-electron chi connectivity index (χ1n) is 12.1. The third kappa shape index (κ3) is 11.5. The monoisotopic (exact) mass is 593 g/mol. The molecule has 0 bridgehead atoms. The zero-order valence-corrected chi connectivity index (χ0v) is 25.3. The smallest absolute Gasteiger partial charge is 0.0283 e. The molecule has 1 atom stereocenters. The molecule has 4 aromatic rings. The van der Waals surface area contributed by atoms with Crippen LogP contribution in [0.4, 0.5) is 0 Å². The van der Waals surface area contributed by atoms with Crippen LogP contribution in [-0.4, -0.2) is 10.2 Å². The van der Waals surface area contributed by atoms with Crippen LogP contribution in [0.1, 0.15) is 55.2 Å². The molecule has 0 aliphatic heterocycles. The van der Waals surface area contributed by atoms with E-state index >= 15 is 0 Å². The van der Waals surface area contributed by atoms with Crippen molar-refractivity contribution in [2.75, 3.05) is 0 Å². The second kappa shape index (κ2) is 18.9. The Kier molecular flexibility index (Phi) is 16.1. The Balaban J connectivity index is 0.000000185. The molecule has 0 saturated carbocycles. The van der Waals surface area contributed by atoms with Crippen LogP contribution < -0.4 is 0 Å². The van der Waals surface area contributed by atoms with Crippen molar-refractivity contribution in [2.45, 2.75) is 44.6 Å². The van der Waals surface area contributed by atoms with E-state index in [1.54, 1.807) is 0 Å². The van der Waals surface area contributed by atoms with Crippen LogP contribution in [-0.2, 0) is 26.9 Å². The van der Waals surface area contributed by atoms with Gasteiger partial charge in [0.25, 0.3) is 0 Å². The summed E-state index contributed by atoms with van der Waals surface area (Å²) in [6, 6.07) is 34.6. The molecule has 1 aliphatic rings. The van der Waals surface area contributed by atoms with Gasteiger partial charge in [-0.05, 0) is 17.2 Å². The summed E-state index contributed by atoms with van der Waals surface area (Å²) >= 11 is -0.826. The van der Waals surface area contributed by atoms with Crippen molar-refractivity contribution in [1.82, 2.24) is 0 Å². The second-order valence-electron chi connectivity index (χ2n) is 8.14. The largest absolute Gasteiger partial charge is 0.168 e. The standard InChI is InChI=1S/C15H19.C9H7.C7H7Si.2ClH.Zr/c1-2-3-4-5-8-13-11-12-14-9-6-7-10-15(13)14;1-2-5-9-7-3-6-8(9)4-1;8-6-7-4-2-1-3-5-7;;;/h4,6-7,9-13H,2-3,5,8H2,1H3;1-7H;1-5H,6H2;2*1H;/q2*-1;;;;+4/p-2. The third-order valence-electron chi connectivity index (χ3n) is 5.67. The fraction of sp³-hybridized carbons (Fsp3) is 0.226. The average Bonchev–Trinajstić information content (AvgIpc) is 3.56. The summed E-state index contributed by atoms with van der Waals surface area (Å²) in [6.45, 7) is 2.24. The number of hydrogen-bond acceptors (Lipinski definition) is 0. The molecule has 0 nitrogen and oxygen atoms in total. The van der Waals surface area contributed by atoms with Gasteiger partial charge in [0, 0.05) is 16.2 Å². The van der Waals surface area contributed by atoms with E-state index in [1.807, 2.05) is 18.2 Å². The normalized spacial score (nSPS) is 12.7. The Morgan fingerprint density at radius 3 is 2.26 bits per heavy atom. The van der Waals surface area contributed by atoms with Crippen LogP contribution in [0.3, 0.4) is 0 Å². The molecule has 1 unspecified atom stereocenters.